The van der Waals surface area contributed by atoms with Crippen LogP contribution in [0.4, 0.5) is 0 Å². The summed E-state index contributed by atoms with van der Waals surface area (Å²) in [6, 6.07) is 9.24. The van der Waals surface area contributed by atoms with Crippen molar-refractivity contribution in [3.05, 3.63) is 46.6 Å². The first-order valence-corrected chi connectivity index (χ1v) is 6.18. The largest absolute Gasteiger partial charge is 0.497 e. The molecular weight excluding hydrogens is 296 g/mol. The molecule has 0 aliphatic rings. The highest BCUT2D eigenvalue weighted by molar-refractivity contribution is 9.10. The first-order valence-electron chi connectivity index (χ1n) is 5.39. The molecule has 5 heteroatoms. The molecule has 0 amide bonds. The molecule has 1 aromatic carbocycles. The van der Waals surface area contributed by atoms with Gasteiger partial charge in [-0.3, -0.25) is 0 Å². The Bertz CT molecular complexity index is 546. The number of benzene rings is 1. The molecule has 1 aromatic heterocycles. The van der Waals surface area contributed by atoms with Crippen LogP contribution >= 0.6 is 15.9 Å². The second-order valence-electron chi connectivity index (χ2n) is 3.60. The van der Waals surface area contributed by atoms with E-state index >= 15 is 0 Å². The Morgan fingerprint density at radius 3 is 2.78 bits per heavy atom. The van der Waals surface area contributed by atoms with E-state index in [1.807, 2.05) is 24.3 Å². The molecule has 94 valence electrons. The predicted molar refractivity (Wildman–Crippen MR) is 72.9 cm³/mol. The zero-order valence-corrected chi connectivity index (χ0v) is 11.5. The SMILES string of the molecule is COc1cccc(Oc2ncc(Br)cc2CN)c1. The summed E-state index contributed by atoms with van der Waals surface area (Å²) >= 11 is 3.35. The maximum absolute atomic E-state index is 5.71. The van der Waals surface area contributed by atoms with Crippen molar-refractivity contribution in [2.24, 2.45) is 5.73 Å². The summed E-state index contributed by atoms with van der Waals surface area (Å²) in [4.78, 5) is 4.21. The average molecular weight is 309 g/mol. The van der Waals surface area contributed by atoms with Crippen LogP contribution in [0.3, 0.4) is 0 Å². The fourth-order valence-corrected chi connectivity index (χ4v) is 1.86. The van der Waals surface area contributed by atoms with Gasteiger partial charge < -0.3 is 15.2 Å². The molecule has 2 N–H and O–H groups in total. The molecule has 4 nitrogen and oxygen atoms in total. The van der Waals surface area contributed by atoms with E-state index in [4.69, 9.17) is 15.2 Å². The highest BCUT2D eigenvalue weighted by Crippen LogP contribution is 2.27. The summed E-state index contributed by atoms with van der Waals surface area (Å²) in [5, 5.41) is 0. The van der Waals surface area contributed by atoms with Crippen molar-refractivity contribution in [1.82, 2.24) is 4.98 Å². The van der Waals surface area contributed by atoms with E-state index in [1.165, 1.54) is 0 Å². The van der Waals surface area contributed by atoms with Crippen LogP contribution in [0.1, 0.15) is 5.56 Å². The van der Waals surface area contributed by atoms with Gasteiger partial charge in [-0.1, -0.05) is 6.07 Å². The summed E-state index contributed by atoms with van der Waals surface area (Å²) in [6.07, 6.45) is 1.68. The molecule has 0 aliphatic heterocycles. The van der Waals surface area contributed by atoms with E-state index in [-0.39, 0.29) is 0 Å². The van der Waals surface area contributed by atoms with E-state index in [0.717, 1.165) is 15.8 Å². The normalized spacial score (nSPS) is 10.2. The number of halogens is 1. The van der Waals surface area contributed by atoms with Crippen LogP contribution in [0.5, 0.6) is 17.4 Å². The Kier molecular flexibility index (Phi) is 4.17. The fourth-order valence-electron chi connectivity index (χ4n) is 1.48. The number of nitrogens with two attached hydrogens (primary N) is 1. The molecular formula is C13H13BrN2O2. The third-order valence-electron chi connectivity index (χ3n) is 2.37. The van der Waals surface area contributed by atoms with Gasteiger partial charge in [-0.05, 0) is 34.1 Å². The Balaban J connectivity index is 2.27. The van der Waals surface area contributed by atoms with Crippen molar-refractivity contribution >= 4 is 15.9 Å². The van der Waals surface area contributed by atoms with Crippen molar-refractivity contribution in [1.29, 1.82) is 0 Å². The lowest BCUT2D eigenvalue weighted by molar-refractivity contribution is 0.406. The minimum absolute atomic E-state index is 0.367. The number of hydrogen-bond acceptors (Lipinski definition) is 4. The quantitative estimate of drug-likeness (QED) is 0.943. The summed E-state index contributed by atoms with van der Waals surface area (Å²) in [6.45, 7) is 0.367. The van der Waals surface area contributed by atoms with Crippen molar-refractivity contribution in [3.8, 4) is 17.4 Å². The molecule has 1 heterocycles. The minimum Gasteiger partial charge on any atom is -0.497 e. The molecule has 0 fully saturated rings. The third kappa shape index (κ3) is 3.00. The molecule has 0 unspecified atom stereocenters. The second-order valence-corrected chi connectivity index (χ2v) is 4.52. The van der Waals surface area contributed by atoms with Crippen LogP contribution in [-0.4, -0.2) is 12.1 Å². The van der Waals surface area contributed by atoms with Crippen LogP contribution < -0.4 is 15.2 Å². The molecule has 0 aliphatic carbocycles. The second kappa shape index (κ2) is 5.84. The van der Waals surface area contributed by atoms with Crippen LogP contribution in [0.2, 0.25) is 0 Å². The maximum Gasteiger partial charge on any atom is 0.223 e. The van der Waals surface area contributed by atoms with Gasteiger partial charge in [-0.25, -0.2) is 4.98 Å². The highest BCUT2D eigenvalue weighted by Gasteiger charge is 2.06. The van der Waals surface area contributed by atoms with E-state index in [9.17, 15) is 0 Å². The van der Waals surface area contributed by atoms with Crippen LogP contribution in [0.15, 0.2) is 41.0 Å². The Hall–Kier alpha value is -1.59. The van der Waals surface area contributed by atoms with Crippen molar-refractivity contribution in [2.45, 2.75) is 6.54 Å². The molecule has 0 spiro atoms. The van der Waals surface area contributed by atoms with Crippen LogP contribution in [0, 0.1) is 0 Å². The molecule has 18 heavy (non-hydrogen) atoms. The lowest BCUT2D eigenvalue weighted by Crippen LogP contribution is -2.01. The number of hydrogen-bond donors (Lipinski definition) is 1. The lowest BCUT2D eigenvalue weighted by atomic mass is 10.2. The van der Waals surface area contributed by atoms with E-state index < -0.39 is 0 Å². The van der Waals surface area contributed by atoms with Crippen LogP contribution in [-0.2, 0) is 6.54 Å². The topological polar surface area (TPSA) is 57.4 Å². The third-order valence-corrected chi connectivity index (χ3v) is 2.80. The maximum atomic E-state index is 5.71. The molecule has 0 saturated carbocycles. The van der Waals surface area contributed by atoms with Crippen molar-refractivity contribution in [3.63, 3.8) is 0 Å². The smallest absolute Gasteiger partial charge is 0.223 e. The van der Waals surface area contributed by atoms with Gasteiger partial charge in [0.05, 0.1) is 7.11 Å². The lowest BCUT2D eigenvalue weighted by Gasteiger charge is -2.09. The zero-order valence-electron chi connectivity index (χ0n) is 9.89. The number of nitrogens with zero attached hydrogens (tertiary/aromatic N) is 1. The standard InChI is InChI=1S/C13H13BrN2O2/c1-17-11-3-2-4-12(6-11)18-13-9(7-15)5-10(14)8-16-13/h2-6,8H,7,15H2,1H3. The van der Waals surface area contributed by atoms with Gasteiger partial charge in [-0.15, -0.1) is 0 Å². The summed E-state index contributed by atoms with van der Waals surface area (Å²) < 4.78 is 11.7. The van der Waals surface area contributed by atoms with Gasteiger partial charge in [0.1, 0.15) is 11.5 Å². The number of pyridine rings is 1. The summed E-state index contributed by atoms with van der Waals surface area (Å²) in [5.74, 6) is 1.91. The Morgan fingerprint density at radius 1 is 1.28 bits per heavy atom. The summed E-state index contributed by atoms with van der Waals surface area (Å²) in [7, 11) is 1.61. The molecule has 0 bridgehead atoms. The van der Waals surface area contributed by atoms with Gasteiger partial charge in [0.2, 0.25) is 5.88 Å². The van der Waals surface area contributed by atoms with E-state index in [0.29, 0.717) is 18.2 Å². The monoisotopic (exact) mass is 308 g/mol. The number of aromatic nitrogens is 1. The minimum atomic E-state index is 0.367. The first kappa shape index (κ1) is 12.9. The molecule has 2 aromatic rings. The number of rotatable bonds is 4. The highest BCUT2D eigenvalue weighted by atomic mass is 79.9. The average Bonchev–Trinajstić information content (AvgIpc) is 2.41. The molecule has 2 rings (SSSR count). The molecule has 0 radical (unpaired) electrons. The fraction of sp³-hybridized carbons (Fsp3) is 0.154. The van der Waals surface area contributed by atoms with Gasteiger partial charge >= 0.3 is 0 Å². The number of methoxy groups -OCH3 is 1. The van der Waals surface area contributed by atoms with Gasteiger partial charge in [-0.2, -0.15) is 0 Å². The summed E-state index contributed by atoms with van der Waals surface area (Å²) in [5.41, 5.74) is 6.50. The van der Waals surface area contributed by atoms with E-state index in [2.05, 4.69) is 20.9 Å². The molecule has 0 atom stereocenters. The van der Waals surface area contributed by atoms with Crippen molar-refractivity contribution < 1.29 is 9.47 Å². The van der Waals surface area contributed by atoms with E-state index in [1.54, 1.807) is 19.4 Å². The van der Waals surface area contributed by atoms with Gasteiger partial charge in [0.15, 0.2) is 0 Å². The predicted octanol–water partition coefficient (Wildman–Crippen LogP) is 3.10. The Morgan fingerprint density at radius 2 is 2.06 bits per heavy atom. The zero-order chi connectivity index (χ0) is 13.0. The molecule has 0 saturated heterocycles. The van der Waals surface area contributed by atoms with Gasteiger partial charge in [0.25, 0.3) is 0 Å². The van der Waals surface area contributed by atoms with Gasteiger partial charge in [0, 0.05) is 28.8 Å². The van der Waals surface area contributed by atoms with Crippen LogP contribution in [0.25, 0.3) is 0 Å². The number of ether oxygens (including phenoxy) is 2. The van der Waals surface area contributed by atoms with Crippen molar-refractivity contribution in [2.75, 3.05) is 7.11 Å². The first-order chi connectivity index (χ1) is 8.72. The Labute approximate surface area is 114 Å².